The second-order valence-corrected chi connectivity index (χ2v) is 4.98. The van der Waals surface area contributed by atoms with Crippen molar-refractivity contribution in [1.29, 1.82) is 0 Å². The normalized spacial score (nSPS) is 11.0. The number of carbonyl (C=O) groups is 2. The monoisotopic (exact) mass is 325 g/mol. The first kappa shape index (κ1) is 17.1. The summed E-state index contributed by atoms with van der Waals surface area (Å²) in [6.07, 6.45) is 1.38. The van der Waals surface area contributed by atoms with Crippen LogP contribution in [0.5, 0.6) is 0 Å². The number of ketones is 1. The molecule has 0 atom stereocenters. The fourth-order valence-corrected chi connectivity index (χ4v) is 2.11. The van der Waals surface area contributed by atoms with Gasteiger partial charge in [0, 0.05) is 29.7 Å². The molecule has 0 aliphatic rings. The van der Waals surface area contributed by atoms with Crippen LogP contribution in [0.15, 0.2) is 60.2 Å². The van der Waals surface area contributed by atoms with Crippen molar-refractivity contribution in [3.63, 3.8) is 0 Å². The molecule has 0 amide bonds. The summed E-state index contributed by atoms with van der Waals surface area (Å²) in [7, 11) is 1.24. The van der Waals surface area contributed by atoms with Gasteiger partial charge in [-0.05, 0) is 23.8 Å². The average Bonchev–Trinajstić information content (AvgIpc) is 2.61. The van der Waals surface area contributed by atoms with Gasteiger partial charge in [-0.1, -0.05) is 30.3 Å². The Bertz CT molecular complexity index is 779. The lowest BCUT2D eigenvalue weighted by Gasteiger charge is -2.06. The topological polar surface area (TPSA) is 86.5 Å². The van der Waals surface area contributed by atoms with Gasteiger partial charge in [0.1, 0.15) is 0 Å². The van der Waals surface area contributed by atoms with Crippen molar-refractivity contribution < 1.29 is 19.2 Å². The Balaban J connectivity index is 2.26. The number of hydrogen-bond acceptors (Lipinski definition) is 5. The fraction of sp³-hybridized carbons (Fsp3) is 0.111. The third-order valence-electron chi connectivity index (χ3n) is 3.34. The van der Waals surface area contributed by atoms with E-state index in [1.807, 2.05) is 0 Å². The van der Waals surface area contributed by atoms with E-state index in [2.05, 4.69) is 0 Å². The average molecular weight is 325 g/mol. The van der Waals surface area contributed by atoms with Gasteiger partial charge in [0.25, 0.3) is 5.69 Å². The summed E-state index contributed by atoms with van der Waals surface area (Å²) in [5, 5.41) is 10.7. The van der Waals surface area contributed by atoms with E-state index in [9.17, 15) is 19.7 Å². The van der Waals surface area contributed by atoms with E-state index in [4.69, 9.17) is 4.74 Å². The molecule has 0 bridgehead atoms. The van der Waals surface area contributed by atoms with E-state index in [1.54, 1.807) is 30.3 Å². The summed E-state index contributed by atoms with van der Waals surface area (Å²) in [5.41, 5.74) is 1.20. The van der Waals surface area contributed by atoms with Gasteiger partial charge in [0.05, 0.1) is 12.0 Å². The third-order valence-corrected chi connectivity index (χ3v) is 3.34. The molecular weight excluding hydrogens is 310 g/mol. The van der Waals surface area contributed by atoms with Gasteiger partial charge in [-0.15, -0.1) is 0 Å². The Morgan fingerprint density at radius 2 is 1.71 bits per heavy atom. The molecule has 24 heavy (non-hydrogen) atoms. The minimum absolute atomic E-state index is 0.0490. The number of rotatable bonds is 6. The number of methoxy groups -OCH3 is 1. The number of non-ortho nitro benzene ring substituents is 1. The second kappa shape index (κ2) is 7.82. The molecule has 0 fully saturated rings. The zero-order valence-corrected chi connectivity index (χ0v) is 13.0. The van der Waals surface area contributed by atoms with Gasteiger partial charge in [-0.3, -0.25) is 14.9 Å². The second-order valence-electron chi connectivity index (χ2n) is 4.98. The van der Waals surface area contributed by atoms with Gasteiger partial charge in [0.2, 0.25) is 0 Å². The molecule has 2 aromatic carbocycles. The standard InChI is InChI=1S/C18H15NO5/c1-24-18(21)15(12-17(20)14-5-3-2-4-6-14)11-13-7-9-16(10-8-13)19(22)23/h2-11H,12H2,1H3/b15-11+. The minimum Gasteiger partial charge on any atom is -0.466 e. The van der Waals surface area contributed by atoms with Crippen molar-refractivity contribution in [2.45, 2.75) is 6.42 Å². The molecule has 0 unspecified atom stereocenters. The third kappa shape index (κ3) is 4.36. The highest BCUT2D eigenvalue weighted by atomic mass is 16.6. The van der Waals surface area contributed by atoms with E-state index in [1.165, 1.54) is 37.5 Å². The maximum Gasteiger partial charge on any atom is 0.334 e. The molecule has 0 saturated carbocycles. The molecule has 0 aliphatic heterocycles. The highest BCUT2D eigenvalue weighted by molar-refractivity contribution is 6.05. The van der Waals surface area contributed by atoms with Crippen molar-refractivity contribution >= 4 is 23.5 Å². The summed E-state index contributed by atoms with van der Waals surface area (Å²) in [4.78, 5) is 34.3. The number of hydrogen-bond donors (Lipinski definition) is 0. The van der Waals surface area contributed by atoms with Crippen molar-refractivity contribution in [2.24, 2.45) is 0 Å². The molecule has 122 valence electrons. The summed E-state index contributed by atoms with van der Waals surface area (Å²) in [5.74, 6) is -0.827. The highest BCUT2D eigenvalue weighted by Gasteiger charge is 2.16. The van der Waals surface area contributed by atoms with E-state index in [-0.39, 0.29) is 23.5 Å². The molecule has 2 aromatic rings. The van der Waals surface area contributed by atoms with Crippen LogP contribution in [-0.4, -0.2) is 23.8 Å². The Labute approximate surface area is 138 Å². The maximum absolute atomic E-state index is 12.3. The Hall–Kier alpha value is -3.28. The zero-order chi connectivity index (χ0) is 17.5. The highest BCUT2D eigenvalue weighted by Crippen LogP contribution is 2.18. The van der Waals surface area contributed by atoms with Crippen molar-refractivity contribution in [2.75, 3.05) is 7.11 Å². The van der Waals surface area contributed by atoms with Crippen LogP contribution in [0.3, 0.4) is 0 Å². The molecular formula is C18H15NO5. The lowest BCUT2D eigenvalue weighted by molar-refractivity contribution is -0.384. The molecule has 0 radical (unpaired) electrons. The van der Waals surface area contributed by atoms with Crippen LogP contribution in [0.4, 0.5) is 5.69 Å². The maximum atomic E-state index is 12.3. The van der Waals surface area contributed by atoms with Gasteiger partial charge in [-0.2, -0.15) is 0 Å². The molecule has 0 aromatic heterocycles. The van der Waals surface area contributed by atoms with Crippen LogP contribution in [0.25, 0.3) is 6.08 Å². The first-order chi connectivity index (χ1) is 11.5. The molecule has 0 N–H and O–H groups in total. The molecule has 6 nitrogen and oxygen atoms in total. The number of benzene rings is 2. The van der Waals surface area contributed by atoms with E-state index in [0.29, 0.717) is 11.1 Å². The lowest BCUT2D eigenvalue weighted by atomic mass is 10.0. The minimum atomic E-state index is -0.613. The van der Waals surface area contributed by atoms with E-state index in [0.717, 1.165) is 0 Å². The number of nitro benzene ring substituents is 1. The lowest BCUT2D eigenvalue weighted by Crippen LogP contribution is -2.10. The van der Waals surface area contributed by atoms with Crippen molar-refractivity contribution in [3.8, 4) is 0 Å². The Morgan fingerprint density at radius 3 is 2.25 bits per heavy atom. The molecule has 0 spiro atoms. The quantitative estimate of drug-likeness (QED) is 0.267. The van der Waals surface area contributed by atoms with Crippen LogP contribution >= 0.6 is 0 Å². The van der Waals surface area contributed by atoms with Crippen LogP contribution < -0.4 is 0 Å². The summed E-state index contributed by atoms with van der Waals surface area (Å²) >= 11 is 0. The molecule has 6 heteroatoms. The van der Waals surface area contributed by atoms with Gasteiger partial charge in [-0.25, -0.2) is 4.79 Å². The molecule has 0 saturated heterocycles. The number of esters is 1. The number of carbonyl (C=O) groups excluding carboxylic acids is 2. The fourth-order valence-electron chi connectivity index (χ4n) is 2.11. The summed E-state index contributed by atoms with van der Waals surface area (Å²) in [6.45, 7) is 0. The summed E-state index contributed by atoms with van der Waals surface area (Å²) in [6, 6.07) is 14.3. The smallest absolute Gasteiger partial charge is 0.334 e. The Kier molecular flexibility index (Phi) is 5.57. The van der Waals surface area contributed by atoms with Crippen LogP contribution in [0.1, 0.15) is 22.3 Å². The Morgan fingerprint density at radius 1 is 1.08 bits per heavy atom. The first-order valence-corrected chi connectivity index (χ1v) is 7.13. The SMILES string of the molecule is COC(=O)/C(=C/c1ccc([N+](=O)[O-])cc1)CC(=O)c1ccccc1. The number of Topliss-reactive ketones (excluding diaryl/α,β-unsaturated/α-hetero) is 1. The molecule has 0 aliphatic carbocycles. The van der Waals surface area contributed by atoms with E-state index < -0.39 is 10.9 Å². The molecule has 0 heterocycles. The first-order valence-electron chi connectivity index (χ1n) is 7.13. The predicted molar refractivity (Wildman–Crippen MR) is 88.5 cm³/mol. The van der Waals surface area contributed by atoms with Gasteiger partial charge in [0.15, 0.2) is 5.78 Å². The number of ether oxygens (including phenoxy) is 1. The van der Waals surface area contributed by atoms with Gasteiger partial charge >= 0.3 is 5.97 Å². The van der Waals surface area contributed by atoms with Crippen LogP contribution in [-0.2, 0) is 9.53 Å². The van der Waals surface area contributed by atoms with E-state index >= 15 is 0 Å². The largest absolute Gasteiger partial charge is 0.466 e. The zero-order valence-electron chi connectivity index (χ0n) is 13.0. The van der Waals surface area contributed by atoms with Crippen molar-refractivity contribution in [1.82, 2.24) is 0 Å². The number of nitro groups is 1. The molecule has 2 rings (SSSR count). The summed E-state index contributed by atoms with van der Waals surface area (Å²) < 4.78 is 4.72. The van der Waals surface area contributed by atoms with Gasteiger partial charge < -0.3 is 4.74 Å². The van der Waals surface area contributed by atoms with Crippen LogP contribution in [0, 0.1) is 10.1 Å². The predicted octanol–water partition coefficient (Wildman–Crippen LogP) is 3.42. The van der Waals surface area contributed by atoms with Crippen molar-refractivity contribution in [3.05, 3.63) is 81.4 Å². The van der Waals surface area contributed by atoms with Crippen LogP contribution in [0.2, 0.25) is 0 Å². The number of nitrogens with zero attached hydrogens (tertiary/aromatic N) is 1.